The normalized spacial score (nSPS) is 12.6. The van der Waals surface area contributed by atoms with Crippen molar-refractivity contribution in [3.63, 3.8) is 0 Å². The van der Waals surface area contributed by atoms with Crippen LogP contribution in [0.3, 0.4) is 0 Å². The van der Waals surface area contributed by atoms with E-state index in [9.17, 15) is 4.79 Å². The Kier molecular flexibility index (Phi) is 9.43. The largest absolute Gasteiger partial charge is 0.497 e. The first-order valence-corrected chi connectivity index (χ1v) is 8.74. The van der Waals surface area contributed by atoms with Gasteiger partial charge >= 0.3 is 5.97 Å². The molecular weight excluding hydrogens is 318 g/mol. The Bertz CT molecular complexity index is 541. The highest BCUT2D eigenvalue weighted by atomic mass is 16.5. The zero-order chi connectivity index (χ0) is 18.7. The van der Waals surface area contributed by atoms with Gasteiger partial charge in [0.2, 0.25) is 0 Å². The molecule has 0 fully saturated rings. The molecule has 0 spiro atoms. The Morgan fingerprint density at radius 3 is 2.32 bits per heavy atom. The van der Waals surface area contributed by atoms with E-state index in [0.29, 0.717) is 24.8 Å². The van der Waals surface area contributed by atoms with Gasteiger partial charge in [0.05, 0.1) is 19.6 Å². The molecule has 2 N–H and O–H groups in total. The Labute approximate surface area is 151 Å². The minimum Gasteiger partial charge on any atom is -0.497 e. The molecule has 0 aliphatic heterocycles. The van der Waals surface area contributed by atoms with Crippen LogP contribution in [0, 0.1) is 0 Å². The highest BCUT2D eigenvalue weighted by Crippen LogP contribution is 2.21. The number of hydrogen-bond acceptors (Lipinski definition) is 4. The van der Waals surface area contributed by atoms with Gasteiger partial charge in [0, 0.05) is 20.1 Å². The Morgan fingerprint density at radius 2 is 1.76 bits per heavy atom. The molecule has 1 atom stereocenters. The molecule has 0 aromatic heterocycles. The number of hydrogen-bond donors (Lipinski definition) is 2. The van der Waals surface area contributed by atoms with Crippen molar-refractivity contribution in [1.82, 2.24) is 10.6 Å². The van der Waals surface area contributed by atoms with Gasteiger partial charge in [0.25, 0.3) is 0 Å². The third kappa shape index (κ3) is 8.42. The van der Waals surface area contributed by atoms with E-state index < -0.39 is 0 Å². The van der Waals surface area contributed by atoms with Gasteiger partial charge in [0.15, 0.2) is 5.96 Å². The minimum absolute atomic E-state index is 0.0793. The van der Waals surface area contributed by atoms with Gasteiger partial charge in [-0.25, -0.2) is 0 Å². The van der Waals surface area contributed by atoms with E-state index >= 15 is 0 Å². The summed E-state index contributed by atoms with van der Waals surface area (Å²) in [5, 5.41) is 6.39. The average molecular weight is 349 g/mol. The van der Waals surface area contributed by atoms with Crippen molar-refractivity contribution in [3.05, 3.63) is 29.8 Å². The van der Waals surface area contributed by atoms with Crippen LogP contribution in [0.1, 0.15) is 45.1 Å². The number of aliphatic imine (C=N–C) groups is 1. The Morgan fingerprint density at radius 1 is 1.12 bits per heavy atom. The highest BCUT2D eigenvalue weighted by Gasteiger charge is 2.08. The zero-order valence-electron chi connectivity index (χ0n) is 16.0. The van der Waals surface area contributed by atoms with Gasteiger partial charge in [-0.15, -0.1) is 0 Å². The monoisotopic (exact) mass is 349 g/mol. The quantitative estimate of drug-likeness (QED) is 0.407. The maximum absolute atomic E-state index is 11.5. The molecule has 0 saturated heterocycles. The lowest BCUT2D eigenvalue weighted by atomic mass is 9.98. The molecule has 0 radical (unpaired) electrons. The van der Waals surface area contributed by atoms with Gasteiger partial charge in [-0.1, -0.05) is 19.1 Å². The smallest absolute Gasteiger partial charge is 0.307 e. The molecule has 0 heterocycles. The van der Waals surface area contributed by atoms with Crippen molar-refractivity contribution in [2.75, 3.05) is 27.2 Å². The number of methoxy groups -OCH3 is 1. The predicted octanol–water partition coefficient (Wildman–Crippen LogP) is 2.70. The first-order chi connectivity index (χ1) is 12.0. The molecule has 6 nitrogen and oxygen atoms in total. The predicted molar refractivity (Wildman–Crippen MR) is 101 cm³/mol. The van der Waals surface area contributed by atoms with Crippen LogP contribution in [0.15, 0.2) is 29.3 Å². The van der Waals surface area contributed by atoms with Gasteiger partial charge in [-0.05, 0) is 43.9 Å². The fourth-order valence-electron chi connectivity index (χ4n) is 2.33. The number of carbonyl (C=O) groups is 1. The van der Waals surface area contributed by atoms with Crippen LogP contribution in [0.5, 0.6) is 5.75 Å². The van der Waals surface area contributed by atoms with Crippen LogP contribution in [0.4, 0.5) is 0 Å². The van der Waals surface area contributed by atoms with Crippen LogP contribution in [-0.4, -0.2) is 45.3 Å². The third-order valence-corrected chi connectivity index (χ3v) is 3.77. The highest BCUT2D eigenvalue weighted by molar-refractivity contribution is 5.80. The van der Waals surface area contributed by atoms with Crippen molar-refractivity contribution in [1.29, 1.82) is 0 Å². The summed E-state index contributed by atoms with van der Waals surface area (Å²) in [5.74, 6) is 1.79. The van der Waals surface area contributed by atoms with Gasteiger partial charge < -0.3 is 20.1 Å². The second kappa shape index (κ2) is 11.3. The van der Waals surface area contributed by atoms with E-state index in [1.807, 2.05) is 26.0 Å². The van der Waals surface area contributed by atoms with Crippen molar-refractivity contribution in [2.24, 2.45) is 4.99 Å². The summed E-state index contributed by atoms with van der Waals surface area (Å²) in [5.41, 5.74) is 1.28. The fourth-order valence-corrected chi connectivity index (χ4v) is 2.33. The summed E-state index contributed by atoms with van der Waals surface area (Å²) in [6.07, 6.45) is 1.22. The lowest BCUT2D eigenvalue weighted by Crippen LogP contribution is -2.39. The molecule has 0 bridgehead atoms. The van der Waals surface area contributed by atoms with Crippen molar-refractivity contribution in [2.45, 2.75) is 45.6 Å². The molecule has 1 unspecified atom stereocenters. The summed E-state index contributed by atoms with van der Waals surface area (Å²) in [6, 6.07) is 8.15. The summed E-state index contributed by atoms with van der Waals surface area (Å²) in [7, 11) is 3.39. The second-order valence-corrected chi connectivity index (χ2v) is 6.18. The number of benzene rings is 1. The van der Waals surface area contributed by atoms with Gasteiger partial charge in [-0.3, -0.25) is 9.79 Å². The van der Waals surface area contributed by atoms with E-state index in [4.69, 9.17) is 9.47 Å². The Balaban J connectivity index is 2.28. The van der Waals surface area contributed by atoms with Crippen LogP contribution < -0.4 is 15.4 Å². The molecular formula is C19H31N3O3. The standard InChI is InChI=1S/C19H31N3O3/c1-14(2)25-18(23)11-13-22-19(20-4)21-12-10-15(3)16-6-8-17(24-5)9-7-16/h6-9,14-15H,10-13H2,1-5H3,(H2,20,21,22). The van der Waals surface area contributed by atoms with Gasteiger partial charge in [0.1, 0.15) is 5.75 Å². The van der Waals surface area contributed by atoms with Crippen molar-refractivity contribution in [3.8, 4) is 5.75 Å². The van der Waals surface area contributed by atoms with E-state index in [2.05, 4.69) is 34.7 Å². The summed E-state index contributed by atoms with van der Waals surface area (Å²) in [6.45, 7) is 7.18. The number of nitrogens with one attached hydrogen (secondary N) is 2. The number of rotatable bonds is 9. The number of esters is 1. The fraction of sp³-hybridized carbons (Fsp3) is 0.579. The van der Waals surface area contributed by atoms with E-state index in [1.54, 1.807) is 14.2 Å². The number of guanidine groups is 1. The van der Waals surface area contributed by atoms with Crippen LogP contribution in [0.25, 0.3) is 0 Å². The zero-order valence-corrected chi connectivity index (χ0v) is 16.0. The molecule has 0 amide bonds. The topological polar surface area (TPSA) is 72.0 Å². The SMILES string of the molecule is CN=C(NCCC(=O)OC(C)C)NCCC(C)c1ccc(OC)cc1. The molecule has 0 aliphatic rings. The number of nitrogens with zero attached hydrogens (tertiary/aromatic N) is 1. The second-order valence-electron chi connectivity index (χ2n) is 6.18. The summed E-state index contributed by atoms with van der Waals surface area (Å²) in [4.78, 5) is 15.7. The van der Waals surface area contributed by atoms with E-state index in [1.165, 1.54) is 5.56 Å². The molecule has 0 aliphatic carbocycles. The van der Waals surface area contributed by atoms with E-state index in [0.717, 1.165) is 18.7 Å². The molecule has 140 valence electrons. The number of ether oxygens (including phenoxy) is 2. The van der Waals surface area contributed by atoms with Crippen LogP contribution >= 0.6 is 0 Å². The lowest BCUT2D eigenvalue weighted by molar-refractivity contribution is -0.147. The van der Waals surface area contributed by atoms with Crippen molar-refractivity contribution < 1.29 is 14.3 Å². The van der Waals surface area contributed by atoms with Gasteiger partial charge in [-0.2, -0.15) is 0 Å². The maximum atomic E-state index is 11.5. The first-order valence-electron chi connectivity index (χ1n) is 8.74. The molecule has 6 heteroatoms. The maximum Gasteiger partial charge on any atom is 0.307 e. The first kappa shape index (κ1) is 20.8. The Hall–Kier alpha value is -2.24. The van der Waals surface area contributed by atoms with Crippen LogP contribution in [0.2, 0.25) is 0 Å². The molecule has 25 heavy (non-hydrogen) atoms. The van der Waals surface area contributed by atoms with Crippen LogP contribution in [-0.2, 0) is 9.53 Å². The van der Waals surface area contributed by atoms with Crippen molar-refractivity contribution >= 4 is 11.9 Å². The third-order valence-electron chi connectivity index (χ3n) is 3.77. The average Bonchev–Trinajstić information content (AvgIpc) is 2.59. The summed E-state index contributed by atoms with van der Waals surface area (Å²) < 4.78 is 10.3. The lowest BCUT2D eigenvalue weighted by Gasteiger charge is -2.15. The molecule has 1 aromatic carbocycles. The minimum atomic E-state index is -0.203. The molecule has 1 aromatic rings. The van der Waals surface area contributed by atoms with E-state index in [-0.39, 0.29) is 12.1 Å². The molecule has 0 saturated carbocycles. The number of carbonyl (C=O) groups excluding carboxylic acids is 1. The molecule has 1 rings (SSSR count). The summed E-state index contributed by atoms with van der Waals surface area (Å²) >= 11 is 0.